The smallest absolute Gasteiger partial charge is 0.220 e. The zero-order valence-electron chi connectivity index (χ0n) is 20.7. The molecule has 0 saturated heterocycles. The Morgan fingerprint density at radius 3 is 2.63 bits per heavy atom. The van der Waals surface area contributed by atoms with Crippen molar-refractivity contribution in [2.45, 2.75) is 83.5 Å². The second kappa shape index (κ2) is 10.5. The highest BCUT2D eigenvalue weighted by atomic mass is 16.5. The van der Waals surface area contributed by atoms with Crippen LogP contribution >= 0.6 is 0 Å². The van der Waals surface area contributed by atoms with Gasteiger partial charge in [-0.15, -0.1) is 0 Å². The van der Waals surface area contributed by atoms with Crippen LogP contribution in [-0.4, -0.2) is 28.3 Å². The Morgan fingerprint density at radius 1 is 1.09 bits per heavy atom. The molecule has 2 aliphatic rings. The van der Waals surface area contributed by atoms with Crippen LogP contribution in [0.25, 0.3) is 0 Å². The van der Waals surface area contributed by atoms with E-state index in [2.05, 4.69) is 51.9 Å². The molecule has 5 rings (SSSR count). The van der Waals surface area contributed by atoms with Crippen LogP contribution in [0, 0.1) is 13.8 Å². The highest BCUT2D eigenvalue weighted by Crippen LogP contribution is 2.37. The van der Waals surface area contributed by atoms with E-state index in [0.29, 0.717) is 6.42 Å². The molecular formula is C29H35N3O3. The van der Waals surface area contributed by atoms with Crippen LogP contribution in [0.3, 0.4) is 0 Å². The summed E-state index contributed by atoms with van der Waals surface area (Å²) in [7, 11) is 0. The third-order valence-electron chi connectivity index (χ3n) is 7.37. The van der Waals surface area contributed by atoms with Crippen molar-refractivity contribution in [3.05, 3.63) is 76.6 Å². The Kier molecular flexibility index (Phi) is 7.07. The van der Waals surface area contributed by atoms with Crippen LogP contribution in [0.15, 0.2) is 48.5 Å². The average molecular weight is 474 g/mol. The quantitative estimate of drug-likeness (QED) is 0.473. The Labute approximate surface area is 207 Å². The molecule has 2 heterocycles. The predicted molar refractivity (Wildman–Crippen MR) is 136 cm³/mol. The van der Waals surface area contributed by atoms with Gasteiger partial charge in [-0.25, -0.2) is 0 Å². The molecular weight excluding hydrogens is 438 g/mol. The fraction of sp³-hybridized carbons (Fsp3) is 0.448. The normalized spacial score (nSPS) is 21.6. The van der Waals surface area contributed by atoms with Gasteiger partial charge < -0.3 is 14.8 Å². The lowest BCUT2D eigenvalue weighted by Crippen LogP contribution is -2.39. The number of carbonyl (C=O) groups is 1. The Hall–Kier alpha value is -3.28. The number of aromatic nitrogens is 2. The monoisotopic (exact) mass is 473 g/mol. The van der Waals surface area contributed by atoms with Crippen molar-refractivity contribution in [2.75, 3.05) is 0 Å². The van der Waals surface area contributed by atoms with Gasteiger partial charge in [-0.3, -0.25) is 9.89 Å². The maximum Gasteiger partial charge on any atom is 0.220 e. The van der Waals surface area contributed by atoms with Crippen molar-refractivity contribution in [1.82, 2.24) is 15.5 Å². The second-order valence-corrected chi connectivity index (χ2v) is 9.90. The number of carbonyl (C=O) groups excluding carboxylic acids is 1. The predicted octanol–water partition coefficient (Wildman–Crippen LogP) is 5.53. The number of ether oxygens (including phenoxy) is 2. The molecule has 0 bridgehead atoms. The van der Waals surface area contributed by atoms with Gasteiger partial charge in [-0.1, -0.05) is 30.3 Å². The Bertz CT molecular complexity index is 1130. The third kappa shape index (κ3) is 5.69. The van der Waals surface area contributed by atoms with Gasteiger partial charge in [0.15, 0.2) is 0 Å². The lowest BCUT2D eigenvalue weighted by Gasteiger charge is -2.30. The minimum Gasteiger partial charge on any atom is -0.490 e. The van der Waals surface area contributed by atoms with E-state index < -0.39 is 0 Å². The van der Waals surface area contributed by atoms with Gasteiger partial charge in [-0.2, -0.15) is 5.10 Å². The lowest BCUT2D eigenvalue weighted by molar-refractivity contribution is -0.122. The number of rotatable bonds is 7. The number of aromatic amines is 1. The maximum atomic E-state index is 12.5. The maximum absolute atomic E-state index is 12.5. The number of benzene rings is 2. The second-order valence-electron chi connectivity index (χ2n) is 9.90. The zero-order valence-corrected chi connectivity index (χ0v) is 20.7. The highest BCUT2D eigenvalue weighted by Gasteiger charge is 2.25. The number of nitrogens with one attached hydrogen (secondary N) is 2. The van der Waals surface area contributed by atoms with Gasteiger partial charge in [0, 0.05) is 18.2 Å². The molecule has 1 atom stereocenters. The number of hydrogen-bond acceptors (Lipinski definition) is 4. The molecule has 2 N–H and O–H groups in total. The minimum atomic E-state index is 0.119. The van der Waals surface area contributed by atoms with E-state index in [1.54, 1.807) is 0 Å². The van der Waals surface area contributed by atoms with Crippen LogP contribution in [-0.2, 0) is 17.6 Å². The first kappa shape index (κ1) is 23.5. The third-order valence-corrected chi connectivity index (χ3v) is 7.37. The largest absolute Gasteiger partial charge is 0.490 e. The van der Waals surface area contributed by atoms with Gasteiger partial charge in [0.2, 0.25) is 5.91 Å². The van der Waals surface area contributed by atoms with Gasteiger partial charge >= 0.3 is 0 Å². The van der Waals surface area contributed by atoms with Gasteiger partial charge in [-0.05, 0) is 93.7 Å². The standard InChI is InChI=1S/C29H35N3O3/c1-19-26(20(2)32-31-19)14-17-29(33)30-23-9-11-24(12-10-23)34-25-13-16-28-22(18-25)8-15-27(35-28)21-6-4-3-5-7-21/h3-7,13,16,18,23-24,27H,8-12,14-15,17H2,1-2H3,(H,30,33)(H,31,32)/t23-,24-,27?. The van der Waals surface area contributed by atoms with E-state index in [4.69, 9.17) is 9.47 Å². The van der Waals surface area contributed by atoms with Crippen LogP contribution in [0.5, 0.6) is 11.5 Å². The molecule has 184 valence electrons. The number of H-pyrrole nitrogens is 1. The summed E-state index contributed by atoms with van der Waals surface area (Å²) < 4.78 is 12.6. The number of fused-ring (bicyclic) bond motifs is 1. The van der Waals surface area contributed by atoms with Crippen molar-refractivity contribution in [2.24, 2.45) is 0 Å². The minimum absolute atomic E-state index is 0.119. The Balaban J connectivity index is 1.07. The molecule has 0 spiro atoms. The van der Waals surface area contributed by atoms with Crippen LogP contribution in [0.2, 0.25) is 0 Å². The summed E-state index contributed by atoms with van der Waals surface area (Å²) >= 11 is 0. The summed E-state index contributed by atoms with van der Waals surface area (Å²) in [6.07, 6.45) is 7.32. The van der Waals surface area contributed by atoms with E-state index in [1.165, 1.54) is 11.1 Å². The summed E-state index contributed by atoms with van der Waals surface area (Å²) in [4.78, 5) is 12.5. The van der Waals surface area contributed by atoms with E-state index in [1.807, 2.05) is 26.0 Å². The first-order valence-electron chi connectivity index (χ1n) is 12.9. The zero-order chi connectivity index (χ0) is 24.2. The average Bonchev–Trinajstić information content (AvgIpc) is 3.21. The van der Waals surface area contributed by atoms with Crippen LogP contribution in [0.1, 0.15) is 72.7 Å². The number of nitrogens with zero attached hydrogens (tertiary/aromatic N) is 1. The number of hydrogen-bond donors (Lipinski definition) is 2. The van der Waals surface area contributed by atoms with Crippen molar-refractivity contribution in [1.29, 1.82) is 0 Å². The molecule has 3 aromatic rings. The molecule has 1 aliphatic heterocycles. The summed E-state index contributed by atoms with van der Waals surface area (Å²) in [5, 5.41) is 10.4. The van der Waals surface area contributed by atoms with Crippen LogP contribution < -0.4 is 14.8 Å². The topological polar surface area (TPSA) is 76.2 Å². The summed E-state index contributed by atoms with van der Waals surface area (Å²) in [5.41, 5.74) is 5.64. The molecule has 1 unspecified atom stereocenters. The molecule has 1 saturated carbocycles. The van der Waals surface area contributed by atoms with Crippen molar-refractivity contribution >= 4 is 5.91 Å². The molecule has 2 aromatic carbocycles. The van der Waals surface area contributed by atoms with E-state index >= 15 is 0 Å². The van der Waals surface area contributed by atoms with Crippen molar-refractivity contribution in [3.63, 3.8) is 0 Å². The lowest BCUT2D eigenvalue weighted by atomic mass is 9.92. The van der Waals surface area contributed by atoms with E-state index in [0.717, 1.165) is 73.4 Å². The molecule has 1 fully saturated rings. The first-order valence-corrected chi connectivity index (χ1v) is 12.9. The highest BCUT2D eigenvalue weighted by molar-refractivity contribution is 5.76. The number of amides is 1. The van der Waals surface area contributed by atoms with E-state index in [-0.39, 0.29) is 24.2 Å². The molecule has 6 nitrogen and oxygen atoms in total. The van der Waals surface area contributed by atoms with Gasteiger partial charge in [0.1, 0.15) is 17.6 Å². The molecule has 1 amide bonds. The van der Waals surface area contributed by atoms with Gasteiger partial charge in [0.25, 0.3) is 0 Å². The molecule has 35 heavy (non-hydrogen) atoms. The van der Waals surface area contributed by atoms with Crippen molar-refractivity contribution < 1.29 is 14.3 Å². The molecule has 1 aliphatic carbocycles. The molecule has 0 radical (unpaired) electrons. The van der Waals surface area contributed by atoms with Gasteiger partial charge in [0.05, 0.1) is 11.8 Å². The fourth-order valence-electron chi connectivity index (χ4n) is 5.34. The van der Waals surface area contributed by atoms with Crippen molar-refractivity contribution in [3.8, 4) is 11.5 Å². The number of aryl methyl sites for hydroxylation is 3. The SMILES string of the molecule is Cc1n[nH]c(C)c1CCC(=O)N[C@H]1CC[C@H](Oc2ccc3c(c2)CCC(c2ccccc2)O3)CC1. The fourth-order valence-corrected chi connectivity index (χ4v) is 5.34. The summed E-state index contributed by atoms with van der Waals surface area (Å²) in [6, 6.07) is 16.9. The van der Waals surface area contributed by atoms with Crippen LogP contribution in [0.4, 0.5) is 0 Å². The Morgan fingerprint density at radius 2 is 1.89 bits per heavy atom. The van der Waals surface area contributed by atoms with E-state index in [9.17, 15) is 4.79 Å². The first-order chi connectivity index (χ1) is 17.0. The molecule has 6 heteroatoms. The summed E-state index contributed by atoms with van der Waals surface area (Å²) in [6.45, 7) is 3.99. The molecule has 1 aromatic heterocycles. The summed E-state index contributed by atoms with van der Waals surface area (Å²) in [5.74, 6) is 2.01.